The van der Waals surface area contributed by atoms with Crippen LogP contribution in [0.2, 0.25) is 0 Å². The third kappa shape index (κ3) is 3.95. The van der Waals surface area contributed by atoms with Crippen LogP contribution in [0.3, 0.4) is 0 Å². The summed E-state index contributed by atoms with van der Waals surface area (Å²) in [5, 5.41) is 0. The predicted octanol–water partition coefficient (Wildman–Crippen LogP) is 4.16. The second-order valence-corrected chi connectivity index (χ2v) is 9.79. The first kappa shape index (κ1) is 16.0. The summed E-state index contributed by atoms with van der Waals surface area (Å²) in [6, 6.07) is 6.93. The number of halogens is 4. The average Bonchev–Trinajstić information content (AvgIpc) is 2.29. The monoisotopic (exact) mass is 500 g/mol. The van der Waals surface area contributed by atoms with Gasteiger partial charge in [-0.15, -0.1) is 0 Å². The highest BCUT2D eigenvalue weighted by molar-refractivity contribution is 9.25. The van der Waals surface area contributed by atoms with Gasteiger partial charge in [0.25, 0.3) is 0 Å². The molecule has 0 bridgehead atoms. The summed E-state index contributed by atoms with van der Waals surface area (Å²) in [5.41, 5.74) is 1.29. The molecule has 1 aromatic carbocycles. The summed E-state index contributed by atoms with van der Waals surface area (Å²) in [5.74, 6) is 0. The highest BCUT2D eigenvalue weighted by Gasteiger charge is 2.29. The minimum absolute atomic E-state index is 0.646. The van der Waals surface area contributed by atoms with Crippen molar-refractivity contribution < 1.29 is 9.59 Å². The molecule has 94 valence electrons. The van der Waals surface area contributed by atoms with E-state index in [0.29, 0.717) is 11.1 Å². The third-order valence-corrected chi connectivity index (χ3v) is 4.47. The SMILES string of the molecule is O=C=NC(Br)(Br)c1cccc(C(Br)(Br)N=C=O)c1. The van der Waals surface area contributed by atoms with E-state index in [1.807, 2.05) is 0 Å². The molecule has 1 aromatic rings. The van der Waals surface area contributed by atoms with Crippen LogP contribution in [0.25, 0.3) is 0 Å². The third-order valence-electron chi connectivity index (χ3n) is 1.93. The van der Waals surface area contributed by atoms with Crippen molar-refractivity contribution in [2.75, 3.05) is 0 Å². The number of isocyanates is 2. The first-order chi connectivity index (χ1) is 8.33. The van der Waals surface area contributed by atoms with E-state index in [9.17, 15) is 9.59 Å². The lowest BCUT2D eigenvalue weighted by molar-refractivity contribution is 0.561. The van der Waals surface area contributed by atoms with E-state index >= 15 is 0 Å². The largest absolute Gasteiger partial charge is 0.237 e. The van der Waals surface area contributed by atoms with Crippen molar-refractivity contribution in [2.24, 2.45) is 9.98 Å². The number of aliphatic imine (C=N–C) groups is 2. The molecule has 0 heterocycles. The lowest BCUT2D eigenvalue weighted by Crippen LogP contribution is -2.09. The van der Waals surface area contributed by atoms with E-state index in [0.717, 1.165) is 0 Å². The summed E-state index contributed by atoms with van der Waals surface area (Å²) in [6.45, 7) is 0. The predicted molar refractivity (Wildman–Crippen MR) is 81.7 cm³/mol. The summed E-state index contributed by atoms with van der Waals surface area (Å²) < 4.78 is -2.11. The van der Waals surface area contributed by atoms with Crippen molar-refractivity contribution in [3.63, 3.8) is 0 Å². The molecule has 0 spiro atoms. The molecule has 0 N–H and O–H groups in total. The molecule has 0 amide bonds. The second kappa shape index (κ2) is 6.37. The van der Waals surface area contributed by atoms with Crippen molar-refractivity contribution in [3.05, 3.63) is 35.4 Å². The van der Waals surface area contributed by atoms with Crippen molar-refractivity contribution in [1.82, 2.24) is 0 Å². The van der Waals surface area contributed by atoms with Crippen LogP contribution in [0.5, 0.6) is 0 Å². The van der Waals surface area contributed by atoms with Gasteiger partial charge in [-0.25, -0.2) is 9.59 Å². The summed E-state index contributed by atoms with van der Waals surface area (Å²) in [4.78, 5) is 27.8. The molecule has 0 aliphatic carbocycles. The first-order valence-corrected chi connectivity index (χ1v) is 7.55. The Morgan fingerprint density at radius 2 is 1.28 bits per heavy atom. The number of hydrogen-bond acceptors (Lipinski definition) is 4. The number of rotatable bonds is 4. The summed E-state index contributed by atoms with van der Waals surface area (Å²) >= 11 is 13.0. The highest BCUT2D eigenvalue weighted by atomic mass is 79.9. The zero-order chi connectivity index (χ0) is 13.8. The van der Waals surface area contributed by atoms with Gasteiger partial charge in [0.2, 0.25) is 18.9 Å². The van der Waals surface area contributed by atoms with Crippen LogP contribution in [-0.4, -0.2) is 12.2 Å². The van der Waals surface area contributed by atoms with Crippen LogP contribution in [0, 0.1) is 0 Å². The molecule has 0 saturated heterocycles. The maximum Gasteiger partial charge on any atom is 0.237 e. The van der Waals surface area contributed by atoms with Crippen LogP contribution < -0.4 is 0 Å². The minimum atomic E-state index is -1.06. The van der Waals surface area contributed by atoms with Crippen molar-refractivity contribution >= 4 is 75.9 Å². The van der Waals surface area contributed by atoms with Gasteiger partial charge in [-0.05, 0) is 69.8 Å². The van der Waals surface area contributed by atoms with Gasteiger partial charge < -0.3 is 0 Å². The van der Waals surface area contributed by atoms with Crippen LogP contribution in [0.15, 0.2) is 34.3 Å². The van der Waals surface area contributed by atoms with Gasteiger partial charge in [0.05, 0.1) is 0 Å². The van der Waals surface area contributed by atoms with E-state index in [1.165, 1.54) is 12.2 Å². The lowest BCUT2D eigenvalue weighted by Gasteiger charge is -2.18. The first-order valence-electron chi connectivity index (χ1n) is 4.38. The Labute approximate surface area is 136 Å². The average molecular weight is 504 g/mol. The molecule has 8 heteroatoms. The molecule has 0 aromatic heterocycles. The van der Waals surface area contributed by atoms with Gasteiger partial charge >= 0.3 is 0 Å². The maximum atomic E-state index is 10.3. The number of hydrogen-bond donors (Lipinski definition) is 0. The van der Waals surface area contributed by atoms with Crippen molar-refractivity contribution in [3.8, 4) is 0 Å². The summed E-state index contributed by atoms with van der Waals surface area (Å²) in [6.07, 6.45) is 2.92. The van der Waals surface area contributed by atoms with E-state index in [2.05, 4.69) is 73.7 Å². The fourth-order valence-electron chi connectivity index (χ4n) is 1.14. The molecule has 0 unspecified atom stereocenters. The van der Waals surface area contributed by atoms with Gasteiger partial charge in [0.1, 0.15) is 0 Å². The van der Waals surface area contributed by atoms with Crippen LogP contribution >= 0.6 is 63.7 Å². The number of benzene rings is 1. The standard InChI is InChI=1S/C10H4Br4N2O2/c11-9(12,15-5-17)7-2-1-3-8(4-7)10(13,14)16-6-18/h1-4H. The zero-order valence-corrected chi connectivity index (χ0v) is 14.9. The Kier molecular flexibility index (Phi) is 5.65. The molecule has 4 nitrogen and oxygen atoms in total. The molecule has 0 atom stereocenters. The van der Waals surface area contributed by atoms with Crippen molar-refractivity contribution in [1.29, 1.82) is 0 Å². The van der Waals surface area contributed by atoms with Crippen LogP contribution in [-0.2, 0) is 16.3 Å². The minimum Gasteiger partial charge on any atom is -0.211 e. The molecule has 1 rings (SSSR count). The van der Waals surface area contributed by atoms with E-state index in [-0.39, 0.29) is 0 Å². The van der Waals surface area contributed by atoms with Crippen LogP contribution in [0.4, 0.5) is 0 Å². The fourth-order valence-corrected chi connectivity index (χ4v) is 2.41. The molecule has 18 heavy (non-hydrogen) atoms. The van der Waals surface area contributed by atoms with Gasteiger partial charge in [-0.3, -0.25) is 0 Å². The van der Waals surface area contributed by atoms with Gasteiger partial charge in [0, 0.05) is 11.1 Å². The van der Waals surface area contributed by atoms with Crippen LogP contribution in [0.1, 0.15) is 11.1 Å². The topological polar surface area (TPSA) is 58.9 Å². The summed E-state index contributed by atoms with van der Waals surface area (Å²) in [7, 11) is 0. The van der Waals surface area contributed by atoms with Gasteiger partial charge in [-0.2, -0.15) is 9.98 Å². The smallest absolute Gasteiger partial charge is 0.211 e. The van der Waals surface area contributed by atoms with E-state index in [1.54, 1.807) is 24.3 Å². The number of alkyl halides is 4. The van der Waals surface area contributed by atoms with E-state index in [4.69, 9.17) is 0 Å². The Hall–Kier alpha value is -0.100. The number of carbonyl (C=O) groups excluding carboxylic acids is 2. The number of nitrogens with zero attached hydrogens (tertiary/aromatic N) is 2. The molecule has 0 fully saturated rings. The maximum absolute atomic E-state index is 10.3. The quantitative estimate of drug-likeness (QED) is 0.268. The lowest BCUT2D eigenvalue weighted by atomic mass is 10.1. The molecule has 0 aliphatic rings. The Morgan fingerprint density at radius 1 is 0.889 bits per heavy atom. The van der Waals surface area contributed by atoms with E-state index < -0.39 is 6.71 Å². The van der Waals surface area contributed by atoms with Crippen molar-refractivity contribution in [2.45, 2.75) is 6.71 Å². The highest BCUT2D eigenvalue weighted by Crippen LogP contribution is 2.44. The molecule has 0 saturated carbocycles. The molecule has 0 aliphatic heterocycles. The molecular weight excluding hydrogens is 500 g/mol. The van der Waals surface area contributed by atoms with Gasteiger partial charge in [0.15, 0.2) is 0 Å². The molecular formula is C10H4Br4N2O2. The normalized spacial score (nSPS) is 11.3. The zero-order valence-electron chi connectivity index (χ0n) is 8.53. The molecule has 0 radical (unpaired) electrons. The second-order valence-electron chi connectivity index (χ2n) is 3.07. The Bertz CT molecular complexity index is 501. The fraction of sp³-hybridized carbons (Fsp3) is 0.200. The van der Waals surface area contributed by atoms with Gasteiger partial charge in [-0.1, -0.05) is 18.2 Å². The Morgan fingerprint density at radius 3 is 1.61 bits per heavy atom. The Balaban J connectivity index is 3.30.